The van der Waals surface area contributed by atoms with Gasteiger partial charge >= 0.3 is 18.0 Å². The molecule has 0 fully saturated rings. The second-order valence-electron chi connectivity index (χ2n) is 3.19. The van der Waals surface area contributed by atoms with E-state index in [0.717, 1.165) is 0 Å². The minimum Gasteiger partial charge on any atom is -0.481 e. The maximum absolute atomic E-state index is 11.1. The molecular formula is C8H16N4O4. The Morgan fingerprint density at radius 2 is 1.81 bits per heavy atom. The van der Waals surface area contributed by atoms with E-state index in [4.69, 9.17) is 10.8 Å². The molecule has 1 unspecified atom stereocenters. The molecule has 0 spiro atoms. The monoisotopic (exact) mass is 232 g/mol. The summed E-state index contributed by atoms with van der Waals surface area (Å²) in [6.07, 6.45) is -0.146. The number of carbonyl (C=O) groups is 3. The maximum Gasteiger partial charge on any atom is 0.315 e. The van der Waals surface area contributed by atoms with E-state index >= 15 is 0 Å². The molecule has 8 heteroatoms. The van der Waals surface area contributed by atoms with Gasteiger partial charge < -0.3 is 26.8 Å². The van der Waals surface area contributed by atoms with Crippen molar-refractivity contribution in [3.8, 4) is 0 Å². The first-order valence-electron chi connectivity index (χ1n) is 4.71. The maximum atomic E-state index is 11.1. The quantitative estimate of drug-likeness (QED) is 0.368. The van der Waals surface area contributed by atoms with Gasteiger partial charge in [-0.2, -0.15) is 0 Å². The third kappa shape index (κ3) is 8.60. The van der Waals surface area contributed by atoms with Crippen LogP contribution >= 0.6 is 0 Å². The van der Waals surface area contributed by atoms with Crippen molar-refractivity contribution in [2.24, 2.45) is 5.73 Å². The molecule has 0 aliphatic carbocycles. The summed E-state index contributed by atoms with van der Waals surface area (Å²) in [5.41, 5.74) is 4.80. The Bertz CT molecular complexity index is 269. The first kappa shape index (κ1) is 14.0. The van der Waals surface area contributed by atoms with E-state index in [2.05, 4.69) is 16.0 Å². The van der Waals surface area contributed by atoms with E-state index < -0.39 is 24.1 Å². The molecule has 0 saturated carbocycles. The number of carboxylic acid groups (broad SMARTS) is 1. The summed E-state index contributed by atoms with van der Waals surface area (Å²) in [5, 5.41) is 15.6. The van der Waals surface area contributed by atoms with Crippen LogP contribution in [0.1, 0.15) is 13.3 Å². The zero-order valence-corrected chi connectivity index (χ0v) is 8.95. The summed E-state index contributed by atoms with van der Waals surface area (Å²) >= 11 is 0. The highest BCUT2D eigenvalue weighted by Gasteiger charge is 2.09. The van der Waals surface area contributed by atoms with E-state index in [9.17, 15) is 14.4 Å². The second-order valence-corrected chi connectivity index (χ2v) is 3.19. The third-order valence-corrected chi connectivity index (χ3v) is 1.57. The molecule has 0 saturated heterocycles. The second kappa shape index (κ2) is 7.32. The standard InChI is InChI=1S/C8H16N4O4/c1-5(4-6(13)14)12-8(16)11-3-2-10-7(9)15/h5H,2-4H2,1H3,(H,13,14)(H3,9,10,15)(H2,11,12,16). The van der Waals surface area contributed by atoms with E-state index in [1.165, 1.54) is 0 Å². The average Bonchev–Trinajstić information content (AvgIpc) is 2.10. The van der Waals surface area contributed by atoms with Crippen molar-refractivity contribution in [1.29, 1.82) is 0 Å². The molecule has 0 heterocycles. The molecule has 16 heavy (non-hydrogen) atoms. The lowest BCUT2D eigenvalue weighted by molar-refractivity contribution is -0.137. The number of carbonyl (C=O) groups excluding carboxylic acids is 2. The van der Waals surface area contributed by atoms with Crippen LogP contribution in [0.25, 0.3) is 0 Å². The number of urea groups is 2. The highest BCUT2D eigenvalue weighted by molar-refractivity contribution is 5.75. The Hall–Kier alpha value is -1.99. The topological polar surface area (TPSA) is 134 Å². The fourth-order valence-corrected chi connectivity index (χ4v) is 0.950. The van der Waals surface area contributed by atoms with Crippen LogP contribution < -0.4 is 21.7 Å². The van der Waals surface area contributed by atoms with Crippen molar-refractivity contribution in [3.63, 3.8) is 0 Å². The Morgan fingerprint density at radius 3 is 2.31 bits per heavy atom. The molecule has 0 bridgehead atoms. The summed E-state index contributed by atoms with van der Waals surface area (Å²) in [4.78, 5) is 31.7. The number of hydrogen-bond donors (Lipinski definition) is 5. The molecule has 1 atom stereocenters. The Kier molecular flexibility index (Phi) is 6.41. The molecule has 92 valence electrons. The average molecular weight is 232 g/mol. The first-order chi connectivity index (χ1) is 7.41. The third-order valence-electron chi connectivity index (χ3n) is 1.57. The van der Waals surface area contributed by atoms with Gasteiger partial charge in [-0.15, -0.1) is 0 Å². The van der Waals surface area contributed by atoms with Gasteiger partial charge in [0.05, 0.1) is 6.42 Å². The summed E-state index contributed by atoms with van der Waals surface area (Å²) in [6.45, 7) is 2.01. The lowest BCUT2D eigenvalue weighted by atomic mass is 10.2. The van der Waals surface area contributed by atoms with Gasteiger partial charge in [-0.05, 0) is 6.92 Å². The number of carboxylic acids is 1. The highest BCUT2D eigenvalue weighted by Crippen LogP contribution is 1.89. The number of aliphatic carboxylic acids is 1. The minimum atomic E-state index is -0.983. The van der Waals surface area contributed by atoms with Gasteiger partial charge in [0.1, 0.15) is 0 Å². The van der Waals surface area contributed by atoms with Crippen LogP contribution in [0.5, 0.6) is 0 Å². The summed E-state index contributed by atoms with van der Waals surface area (Å²) in [6, 6.07) is -1.61. The number of hydrogen-bond acceptors (Lipinski definition) is 3. The fourth-order valence-electron chi connectivity index (χ4n) is 0.950. The molecule has 0 aromatic carbocycles. The molecule has 4 amide bonds. The van der Waals surface area contributed by atoms with Gasteiger partial charge in [-0.3, -0.25) is 4.79 Å². The van der Waals surface area contributed by atoms with Crippen molar-refractivity contribution in [1.82, 2.24) is 16.0 Å². The molecule has 0 aliphatic rings. The zero-order valence-electron chi connectivity index (χ0n) is 8.95. The lowest BCUT2D eigenvalue weighted by Crippen LogP contribution is -2.44. The minimum absolute atomic E-state index is 0.146. The van der Waals surface area contributed by atoms with Crippen LogP contribution in [0.2, 0.25) is 0 Å². The molecule has 0 aromatic heterocycles. The van der Waals surface area contributed by atoms with Crippen molar-refractivity contribution >= 4 is 18.0 Å². The van der Waals surface area contributed by atoms with E-state index in [1.807, 2.05) is 0 Å². The summed E-state index contributed by atoms with van der Waals surface area (Å²) < 4.78 is 0. The van der Waals surface area contributed by atoms with Crippen LogP contribution in [-0.2, 0) is 4.79 Å². The van der Waals surface area contributed by atoms with Crippen molar-refractivity contribution in [2.75, 3.05) is 13.1 Å². The molecule has 0 aromatic rings. The Labute approximate surface area is 92.6 Å². The van der Waals surface area contributed by atoms with Crippen LogP contribution in [0.3, 0.4) is 0 Å². The largest absolute Gasteiger partial charge is 0.481 e. The number of amides is 4. The van der Waals surface area contributed by atoms with E-state index in [-0.39, 0.29) is 19.5 Å². The first-order valence-corrected chi connectivity index (χ1v) is 4.71. The number of rotatable bonds is 6. The van der Waals surface area contributed by atoms with Crippen molar-refractivity contribution < 1.29 is 19.5 Å². The van der Waals surface area contributed by atoms with Gasteiger partial charge in [0.25, 0.3) is 0 Å². The predicted molar refractivity (Wildman–Crippen MR) is 55.8 cm³/mol. The normalized spacial score (nSPS) is 11.3. The van der Waals surface area contributed by atoms with Gasteiger partial charge in [-0.1, -0.05) is 0 Å². The van der Waals surface area contributed by atoms with Crippen LogP contribution in [-0.4, -0.2) is 42.3 Å². The molecule has 8 nitrogen and oxygen atoms in total. The van der Waals surface area contributed by atoms with Crippen LogP contribution in [0, 0.1) is 0 Å². The molecule has 6 N–H and O–H groups in total. The van der Waals surface area contributed by atoms with Crippen molar-refractivity contribution in [3.05, 3.63) is 0 Å². The molecule has 0 rings (SSSR count). The Morgan fingerprint density at radius 1 is 1.25 bits per heavy atom. The summed E-state index contributed by atoms with van der Waals surface area (Å²) in [5.74, 6) is -0.983. The summed E-state index contributed by atoms with van der Waals surface area (Å²) in [7, 11) is 0. The molecule has 0 radical (unpaired) electrons. The number of nitrogens with two attached hydrogens (primary N) is 1. The SMILES string of the molecule is CC(CC(=O)O)NC(=O)NCCNC(N)=O. The fraction of sp³-hybridized carbons (Fsp3) is 0.625. The predicted octanol–water partition coefficient (Wildman–Crippen LogP) is -1.18. The van der Waals surface area contributed by atoms with Gasteiger partial charge in [0.15, 0.2) is 0 Å². The van der Waals surface area contributed by atoms with E-state index in [0.29, 0.717) is 0 Å². The number of nitrogens with one attached hydrogen (secondary N) is 3. The molecule has 0 aliphatic heterocycles. The number of primary amides is 1. The lowest BCUT2D eigenvalue weighted by Gasteiger charge is -2.12. The van der Waals surface area contributed by atoms with Crippen molar-refractivity contribution in [2.45, 2.75) is 19.4 Å². The Balaban J connectivity index is 3.58. The van der Waals surface area contributed by atoms with E-state index in [1.54, 1.807) is 6.92 Å². The zero-order chi connectivity index (χ0) is 12.6. The van der Waals surface area contributed by atoms with Gasteiger partial charge in [0, 0.05) is 19.1 Å². The van der Waals surface area contributed by atoms with Gasteiger partial charge in [0.2, 0.25) is 0 Å². The van der Waals surface area contributed by atoms with Gasteiger partial charge in [-0.25, -0.2) is 9.59 Å². The van der Waals surface area contributed by atoms with Crippen LogP contribution in [0.4, 0.5) is 9.59 Å². The van der Waals surface area contributed by atoms with Crippen LogP contribution in [0.15, 0.2) is 0 Å². The smallest absolute Gasteiger partial charge is 0.315 e. The highest BCUT2D eigenvalue weighted by atomic mass is 16.4. The molecular weight excluding hydrogens is 216 g/mol.